The van der Waals surface area contributed by atoms with Crippen molar-refractivity contribution in [1.29, 1.82) is 0 Å². The molecule has 24 heavy (non-hydrogen) atoms. The van der Waals surface area contributed by atoms with Crippen LogP contribution in [0.25, 0.3) is 11.0 Å². The molecule has 0 fully saturated rings. The van der Waals surface area contributed by atoms with E-state index in [0.717, 1.165) is 17.5 Å². The van der Waals surface area contributed by atoms with Crippen molar-refractivity contribution in [2.45, 2.75) is 38.8 Å². The molecule has 0 radical (unpaired) electrons. The van der Waals surface area contributed by atoms with E-state index < -0.39 is 24.9 Å². The van der Waals surface area contributed by atoms with E-state index in [0.29, 0.717) is 6.54 Å². The van der Waals surface area contributed by atoms with Crippen molar-refractivity contribution in [3.8, 4) is 0 Å². The normalized spacial score (nSPS) is 11.8. The second kappa shape index (κ2) is 7.57. The molecule has 2 aromatic rings. The van der Waals surface area contributed by atoms with E-state index in [9.17, 15) is 18.4 Å². The lowest BCUT2D eigenvalue weighted by atomic mass is 10.3. The molecule has 0 atom stereocenters. The number of amides is 1. The van der Waals surface area contributed by atoms with Crippen LogP contribution in [0.15, 0.2) is 29.1 Å². The molecule has 0 saturated heterocycles. The van der Waals surface area contributed by atoms with Gasteiger partial charge in [0.25, 0.3) is 5.92 Å². The van der Waals surface area contributed by atoms with Gasteiger partial charge in [-0.25, -0.2) is 13.6 Å². The monoisotopic (exact) mass is 340 g/mol. The quantitative estimate of drug-likeness (QED) is 0.760. The van der Waals surface area contributed by atoms with Crippen LogP contribution in [0.4, 0.5) is 8.78 Å². The molecule has 0 saturated carbocycles. The van der Waals surface area contributed by atoms with Gasteiger partial charge in [0.05, 0.1) is 24.1 Å². The van der Waals surface area contributed by atoms with E-state index in [1.165, 1.54) is 4.57 Å². The third kappa shape index (κ3) is 4.00. The molecule has 0 aliphatic rings. The Morgan fingerprint density at radius 2 is 1.79 bits per heavy atom. The van der Waals surface area contributed by atoms with Gasteiger partial charge in [-0.3, -0.25) is 13.9 Å². The fourth-order valence-corrected chi connectivity index (χ4v) is 2.53. The highest BCUT2D eigenvalue weighted by Crippen LogP contribution is 2.14. The predicted octanol–water partition coefficient (Wildman–Crippen LogP) is 1.31. The Kier molecular flexibility index (Phi) is 5.71. The third-order valence-corrected chi connectivity index (χ3v) is 3.78. The molecule has 1 amide bonds. The molecule has 0 unspecified atom stereocenters. The molecule has 1 aromatic carbocycles. The molecule has 132 valence electrons. The summed E-state index contributed by atoms with van der Waals surface area (Å²) in [5, 5.41) is 2.15. The van der Waals surface area contributed by atoms with E-state index in [1.54, 1.807) is 4.57 Å². The first kappa shape index (κ1) is 18.1. The minimum atomic E-state index is -3.12. The van der Waals surface area contributed by atoms with Crippen molar-refractivity contribution in [2.75, 3.05) is 13.1 Å². The molecule has 0 aliphatic carbocycles. The van der Waals surface area contributed by atoms with Gasteiger partial charge in [-0.2, -0.15) is 0 Å². The Bertz CT molecular complexity index is 767. The average Bonchev–Trinajstić information content (AvgIpc) is 2.84. The summed E-state index contributed by atoms with van der Waals surface area (Å²) in [6.45, 7) is 1.08. The summed E-state index contributed by atoms with van der Waals surface area (Å²) in [6, 6.07) is 7.32. The minimum absolute atomic E-state index is 0.0549. The molecule has 8 heteroatoms. The number of aryl methyl sites for hydroxylation is 2. The third-order valence-electron chi connectivity index (χ3n) is 3.78. The number of hydrogen-bond donors (Lipinski definition) is 2. The standard InChI is InChI=1S/C16H22F2N4O2/c1-2-8-21-12-5-3-4-6-13(12)22(15(21)24)9-7-14(23)20-11-16(17,18)10-19/h3-6H,2,7-11,19H2,1H3,(H,20,23). The van der Waals surface area contributed by atoms with Crippen molar-refractivity contribution in [2.24, 2.45) is 5.73 Å². The van der Waals surface area contributed by atoms with E-state index in [-0.39, 0.29) is 18.7 Å². The van der Waals surface area contributed by atoms with Gasteiger partial charge in [-0.05, 0) is 18.6 Å². The van der Waals surface area contributed by atoms with Crippen molar-refractivity contribution >= 4 is 16.9 Å². The molecule has 0 aliphatic heterocycles. The van der Waals surface area contributed by atoms with Gasteiger partial charge in [-0.1, -0.05) is 19.1 Å². The lowest BCUT2D eigenvalue weighted by Crippen LogP contribution is -2.41. The van der Waals surface area contributed by atoms with Crippen LogP contribution in [-0.4, -0.2) is 34.1 Å². The molecule has 1 aromatic heterocycles. The topological polar surface area (TPSA) is 82.0 Å². The van der Waals surface area contributed by atoms with Gasteiger partial charge in [0.1, 0.15) is 0 Å². The zero-order chi connectivity index (χ0) is 17.7. The smallest absolute Gasteiger partial charge is 0.329 e. The first-order valence-corrected chi connectivity index (χ1v) is 7.92. The number of imidazole rings is 1. The van der Waals surface area contributed by atoms with Gasteiger partial charge < -0.3 is 11.1 Å². The fraction of sp³-hybridized carbons (Fsp3) is 0.500. The zero-order valence-electron chi connectivity index (χ0n) is 13.6. The summed E-state index contributed by atoms with van der Waals surface area (Å²) < 4.78 is 29.2. The number of hydrogen-bond acceptors (Lipinski definition) is 3. The number of carbonyl (C=O) groups excluding carboxylic acids is 1. The van der Waals surface area contributed by atoms with Crippen LogP contribution in [0.3, 0.4) is 0 Å². The van der Waals surface area contributed by atoms with Crippen LogP contribution in [0, 0.1) is 0 Å². The van der Waals surface area contributed by atoms with Gasteiger partial charge in [0, 0.05) is 19.5 Å². The van der Waals surface area contributed by atoms with E-state index in [2.05, 4.69) is 5.32 Å². The summed E-state index contributed by atoms with van der Waals surface area (Å²) in [5.74, 6) is -3.66. The number of benzene rings is 1. The number of aromatic nitrogens is 2. The highest BCUT2D eigenvalue weighted by Gasteiger charge is 2.27. The maximum atomic E-state index is 13.0. The highest BCUT2D eigenvalue weighted by molar-refractivity contribution is 5.78. The van der Waals surface area contributed by atoms with Gasteiger partial charge >= 0.3 is 5.69 Å². The zero-order valence-corrected chi connectivity index (χ0v) is 13.6. The molecular formula is C16H22F2N4O2. The second-order valence-electron chi connectivity index (χ2n) is 5.66. The molecule has 0 bridgehead atoms. The van der Waals surface area contributed by atoms with Crippen LogP contribution in [0.2, 0.25) is 0 Å². The fourth-order valence-electron chi connectivity index (χ4n) is 2.53. The van der Waals surface area contributed by atoms with Crippen molar-refractivity contribution in [3.05, 3.63) is 34.7 Å². The van der Waals surface area contributed by atoms with Crippen LogP contribution in [-0.2, 0) is 17.9 Å². The number of alkyl halides is 2. The SMILES string of the molecule is CCCn1c(=O)n(CCC(=O)NCC(F)(F)CN)c2ccccc21. The largest absolute Gasteiger partial charge is 0.350 e. The summed E-state index contributed by atoms with van der Waals surface area (Å²) in [6.07, 6.45) is 0.753. The highest BCUT2D eigenvalue weighted by atomic mass is 19.3. The summed E-state index contributed by atoms with van der Waals surface area (Å²) in [7, 11) is 0. The summed E-state index contributed by atoms with van der Waals surface area (Å²) in [4.78, 5) is 24.3. The number of nitrogens with one attached hydrogen (secondary N) is 1. The number of fused-ring (bicyclic) bond motifs is 1. The maximum absolute atomic E-state index is 13.0. The van der Waals surface area contributed by atoms with Crippen LogP contribution in [0.5, 0.6) is 0 Å². The van der Waals surface area contributed by atoms with Gasteiger partial charge in [-0.15, -0.1) is 0 Å². The van der Waals surface area contributed by atoms with E-state index in [1.807, 2.05) is 31.2 Å². The lowest BCUT2D eigenvalue weighted by Gasteiger charge is -2.14. The van der Waals surface area contributed by atoms with Crippen LogP contribution < -0.4 is 16.7 Å². The van der Waals surface area contributed by atoms with Crippen molar-refractivity contribution < 1.29 is 13.6 Å². The van der Waals surface area contributed by atoms with Gasteiger partial charge in [0.2, 0.25) is 5.91 Å². The Morgan fingerprint density at radius 3 is 2.33 bits per heavy atom. The minimum Gasteiger partial charge on any atom is -0.350 e. The molecule has 0 spiro atoms. The van der Waals surface area contributed by atoms with Crippen LogP contribution in [0.1, 0.15) is 19.8 Å². The maximum Gasteiger partial charge on any atom is 0.329 e. The Morgan fingerprint density at radius 1 is 1.21 bits per heavy atom. The molecule has 2 rings (SSSR count). The number of carbonyl (C=O) groups is 1. The van der Waals surface area contributed by atoms with Crippen LogP contribution >= 0.6 is 0 Å². The number of nitrogens with two attached hydrogens (primary N) is 1. The number of halogens is 2. The van der Waals surface area contributed by atoms with Crippen molar-refractivity contribution in [3.63, 3.8) is 0 Å². The number of para-hydroxylation sites is 2. The number of nitrogens with zero attached hydrogens (tertiary/aromatic N) is 2. The lowest BCUT2D eigenvalue weighted by molar-refractivity contribution is -0.123. The Labute approximate surface area is 138 Å². The first-order valence-electron chi connectivity index (χ1n) is 7.92. The Balaban J connectivity index is 2.12. The van der Waals surface area contributed by atoms with Crippen molar-refractivity contribution in [1.82, 2.24) is 14.5 Å². The molecular weight excluding hydrogens is 318 g/mol. The molecule has 1 heterocycles. The second-order valence-corrected chi connectivity index (χ2v) is 5.66. The van der Waals surface area contributed by atoms with E-state index in [4.69, 9.17) is 5.73 Å². The predicted molar refractivity (Wildman–Crippen MR) is 88.1 cm³/mol. The van der Waals surface area contributed by atoms with Gasteiger partial charge in [0.15, 0.2) is 0 Å². The number of rotatable bonds is 8. The molecule has 3 N–H and O–H groups in total. The summed E-state index contributed by atoms with van der Waals surface area (Å²) in [5.41, 5.74) is 6.26. The average molecular weight is 340 g/mol. The molecule has 6 nitrogen and oxygen atoms in total. The first-order chi connectivity index (χ1) is 11.4. The van der Waals surface area contributed by atoms with E-state index >= 15 is 0 Å². The Hall–Kier alpha value is -2.22. The summed E-state index contributed by atoms with van der Waals surface area (Å²) >= 11 is 0.